The molecule has 0 radical (unpaired) electrons. The molecule has 1 aliphatic rings. The van der Waals surface area contributed by atoms with Gasteiger partial charge in [-0.3, -0.25) is 14.6 Å². The second-order valence-electron chi connectivity index (χ2n) is 7.52. The zero-order valence-electron chi connectivity index (χ0n) is 17.3. The second kappa shape index (κ2) is 8.39. The Labute approximate surface area is 182 Å². The molecule has 0 saturated heterocycles. The third-order valence-corrected chi connectivity index (χ3v) is 5.40. The number of hydrogen-bond donors (Lipinski definition) is 2. The summed E-state index contributed by atoms with van der Waals surface area (Å²) in [5.41, 5.74) is 1.88. The molecule has 164 valence electrons. The molecule has 2 N–H and O–H groups in total. The van der Waals surface area contributed by atoms with Gasteiger partial charge in [-0.25, -0.2) is 4.98 Å². The summed E-state index contributed by atoms with van der Waals surface area (Å²) < 4.78 is 26.8. The Balaban J connectivity index is 1.41. The van der Waals surface area contributed by atoms with E-state index >= 15 is 0 Å². The average molecular weight is 436 g/mol. The van der Waals surface area contributed by atoms with Crippen molar-refractivity contribution >= 4 is 11.6 Å². The number of hydrogen-bond acceptors (Lipinski definition) is 6. The predicted molar refractivity (Wildman–Crippen MR) is 113 cm³/mol. The van der Waals surface area contributed by atoms with E-state index in [2.05, 4.69) is 25.6 Å². The van der Waals surface area contributed by atoms with Crippen molar-refractivity contribution in [3.63, 3.8) is 0 Å². The monoisotopic (exact) mass is 436 g/mol. The molecule has 0 spiro atoms. The van der Waals surface area contributed by atoms with E-state index in [1.165, 1.54) is 6.07 Å². The number of carbonyl (C=O) groups excluding carboxylic acids is 1. The first-order valence-corrected chi connectivity index (χ1v) is 10.3. The Morgan fingerprint density at radius 2 is 2.22 bits per heavy atom. The van der Waals surface area contributed by atoms with E-state index in [0.29, 0.717) is 29.4 Å². The fourth-order valence-corrected chi connectivity index (χ4v) is 3.71. The zero-order valence-corrected chi connectivity index (χ0v) is 17.3. The molecule has 9 nitrogen and oxygen atoms in total. The first-order valence-electron chi connectivity index (χ1n) is 10.3. The lowest BCUT2D eigenvalue weighted by atomic mass is 9.89. The zero-order chi connectivity index (χ0) is 22.1. The molecule has 4 heterocycles. The van der Waals surface area contributed by atoms with Crippen LogP contribution >= 0.6 is 0 Å². The van der Waals surface area contributed by atoms with Crippen LogP contribution in [0, 0.1) is 5.95 Å². The lowest BCUT2D eigenvalue weighted by Crippen LogP contribution is -2.33. The van der Waals surface area contributed by atoms with Gasteiger partial charge >= 0.3 is 0 Å². The van der Waals surface area contributed by atoms with Gasteiger partial charge in [0.15, 0.2) is 5.76 Å². The fraction of sp³-hybridized carbons (Fsp3) is 0.273. The number of carbonyl (C=O) groups is 1. The van der Waals surface area contributed by atoms with Crippen LogP contribution in [0.2, 0.25) is 0 Å². The van der Waals surface area contributed by atoms with Crippen molar-refractivity contribution in [2.24, 2.45) is 0 Å². The number of pyridine rings is 1. The van der Waals surface area contributed by atoms with Crippen LogP contribution in [0.4, 0.5) is 10.1 Å². The van der Waals surface area contributed by atoms with E-state index in [1.54, 1.807) is 47.5 Å². The first-order chi connectivity index (χ1) is 15.6. The van der Waals surface area contributed by atoms with E-state index in [-0.39, 0.29) is 17.9 Å². The van der Waals surface area contributed by atoms with E-state index in [4.69, 9.17) is 9.15 Å². The summed E-state index contributed by atoms with van der Waals surface area (Å²) in [5.74, 6) is -0.418. The molecule has 10 heteroatoms. The van der Waals surface area contributed by atoms with Crippen LogP contribution in [0.3, 0.4) is 0 Å². The summed E-state index contributed by atoms with van der Waals surface area (Å²) in [6.45, 7) is 2.63. The molecule has 1 amide bonds. The average Bonchev–Trinajstić information content (AvgIpc) is 3.50. The van der Waals surface area contributed by atoms with Gasteiger partial charge in [-0.15, -0.1) is 0 Å². The molecule has 0 bridgehead atoms. The van der Waals surface area contributed by atoms with Gasteiger partial charge in [0.05, 0.1) is 35.3 Å². The number of halogens is 1. The van der Waals surface area contributed by atoms with Gasteiger partial charge in [-0.05, 0) is 44.0 Å². The third-order valence-electron chi connectivity index (χ3n) is 5.40. The minimum absolute atomic E-state index is 0.132. The lowest BCUT2D eigenvalue weighted by molar-refractivity contribution is -0.0226. The minimum Gasteiger partial charge on any atom is -0.451 e. The summed E-state index contributed by atoms with van der Waals surface area (Å²) in [5, 5.41) is 14.0. The predicted octanol–water partition coefficient (Wildman–Crippen LogP) is 4.06. The van der Waals surface area contributed by atoms with E-state index in [0.717, 1.165) is 18.4 Å². The van der Waals surface area contributed by atoms with Gasteiger partial charge < -0.3 is 14.5 Å². The number of ether oxygens (including phenoxy) is 1. The molecule has 0 atom stereocenters. The van der Waals surface area contributed by atoms with Crippen LogP contribution in [0.15, 0.2) is 53.3 Å². The van der Waals surface area contributed by atoms with Crippen LogP contribution in [0.25, 0.3) is 22.7 Å². The molecule has 5 rings (SSSR count). The van der Waals surface area contributed by atoms with Crippen LogP contribution in [0.5, 0.6) is 0 Å². The second-order valence-corrected chi connectivity index (χ2v) is 7.52. The Morgan fingerprint density at radius 3 is 2.97 bits per heavy atom. The summed E-state index contributed by atoms with van der Waals surface area (Å²) in [6, 6.07) is 7.89. The molecule has 0 aliphatic heterocycles. The van der Waals surface area contributed by atoms with Gasteiger partial charge in [-0.1, -0.05) is 6.07 Å². The standard InChI is InChI=1S/C22H21FN6O3/c1-2-31-15-8-14(9-15)29-12-17(21(28-29)16-4-3-5-20(23)26-16)27-22(30)19-7-6-18(32-19)13-10-24-25-11-13/h3-7,10-12,14-15H,2,8-9H2,1H3,(H,24,25)(H,27,30)/t14-,15+. The minimum atomic E-state index is -0.620. The molecule has 4 aromatic rings. The normalized spacial score (nSPS) is 17.8. The number of aromatic amines is 1. The summed E-state index contributed by atoms with van der Waals surface area (Å²) in [7, 11) is 0. The number of H-pyrrole nitrogens is 1. The highest BCUT2D eigenvalue weighted by Crippen LogP contribution is 2.37. The maximum absolute atomic E-state index is 13.8. The fourth-order valence-electron chi connectivity index (χ4n) is 3.71. The van der Waals surface area contributed by atoms with E-state index < -0.39 is 11.9 Å². The lowest BCUT2D eigenvalue weighted by Gasteiger charge is -2.34. The number of furan rings is 1. The number of anilines is 1. The molecule has 1 aliphatic carbocycles. The topological polar surface area (TPSA) is 111 Å². The number of nitrogens with zero attached hydrogens (tertiary/aromatic N) is 4. The van der Waals surface area contributed by atoms with Crippen LogP contribution in [-0.4, -0.2) is 43.6 Å². The Hall–Kier alpha value is -3.79. The SMILES string of the molecule is CCO[C@H]1C[C@@H](n2cc(NC(=O)c3ccc(-c4cn[nH]c4)o3)c(-c3cccc(F)n3)n2)C1. The molecule has 0 aromatic carbocycles. The quantitative estimate of drug-likeness (QED) is 0.423. The summed E-state index contributed by atoms with van der Waals surface area (Å²) >= 11 is 0. The molecule has 32 heavy (non-hydrogen) atoms. The van der Waals surface area contributed by atoms with Crippen molar-refractivity contribution in [3.8, 4) is 22.7 Å². The van der Waals surface area contributed by atoms with Crippen molar-refractivity contribution in [1.82, 2.24) is 25.0 Å². The van der Waals surface area contributed by atoms with Gasteiger partial charge in [0, 0.05) is 19.0 Å². The molecule has 1 saturated carbocycles. The van der Waals surface area contributed by atoms with Crippen molar-refractivity contribution in [2.45, 2.75) is 31.9 Å². The van der Waals surface area contributed by atoms with Crippen LogP contribution < -0.4 is 5.32 Å². The van der Waals surface area contributed by atoms with Crippen molar-refractivity contribution in [2.75, 3.05) is 11.9 Å². The first kappa shape index (κ1) is 20.1. The smallest absolute Gasteiger partial charge is 0.291 e. The maximum atomic E-state index is 13.8. The van der Waals surface area contributed by atoms with Gasteiger partial charge in [0.1, 0.15) is 11.5 Å². The van der Waals surface area contributed by atoms with Gasteiger partial charge in [-0.2, -0.15) is 14.6 Å². The molecule has 1 fully saturated rings. The molecule has 4 aromatic heterocycles. The molecular weight excluding hydrogens is 415 g/mol. The van der Waals surface area contributed by atoms with E-state index in [1.807, 2.05) is 6.92 Å². The van der Waals surface area contributed by atoms with Gasteiger partial charge in [0.2, 0.25) is 5.95 Å². The Bertz CT molecular complexity index is 1230. The van der Waals surface area contributed by atoms with Crippen molar-refractivity contribution < 1.29 is 18.3 Å². The van der Waals surface area contributed by atoms with Crippen molar-refractivity contribution in [1.29, 1.82) is 0 Å². The summed E-state index contributed by atoms with van der Waals surface area (Å²) in [4.78, 5) is 16.8. The maximum Gasteiger partial charge on any atom is 0.291 e. The number of amides is 1. The highest BCUT2D eigenvalue weighted by molar-refractivity contribution is 6.04. The number of aromatic nitrogens is 5. The molecule has 0 unspecified atom stereocenters. The van der Waals surface area contributed by atoms with Gasteiger partial charge in [0.25, 0.3) is 5.91 Å². The number of rotatable bonds is 7. The molecular formula is C22H21FN6O3. The summed E-state index contributed by atoms with van der Waals surface area (Å²) in [6.07, 6.45) is 6.87. The Kier molecular flexibility index (Phi) is 5.28. The van der Waals surface area contributed by atoms with Crippen molar-refractivity contribution in [3.05, 3.63) is 60.6 Å². The number of nitrogens with one attached hydrogen (secondary N) is 2. The largest absolute Gasteiger partial charge is 0.451 e. The Morgan fingerprint density at radius 1 is 1.34 bits per heavy atom. The van der Waals surface area contributed by atoms with Crippen LogP contribution in [0.1, 0.15) is 36.4 Å². The third kappa shape index (κ3) is 3.92. The highest BCUT2D eigenvalue weighted by atomic mass is 19.1. The van der Waals surface area contributed by atoms with E-state index in [9.17, 15) is 9.18 Å². The highest BCUT2D eigenvalue weighted by Gasteiger charge is 2.32. The van der Waals surface area contributed by atoms with Crippen LogP contribution in [-0.2, 0) is 4.74 Å².